The van der Waals surface area contributed by atoms with Crippen LogP contribution in [0.4, 0.5) is 19.0 Å². The summed E-state index contributed by atoms with van der Waals surface area (Å²) in [6.45, 7) is 7.28. The van der Waals surface area contributed by atoms with E-state index in [9.17, 15) is 18.0 Å². The van der Waals surface area contributed by atoms with Crippen molar-refractivity contribution in [1.29, 1.82) is 0 Å². The lowest BCUT2D eigenvalue weighted by atomic mass is 9.97. The molecule has 0 atom stereocenters. The van der Waals surface area contributed by atoms with Crippen molar-refractivity contribution in [2.45, 2.75) is 64.3 Å². The van der Waals surface area contributed by atoms with E-state index in [-0.39, 0.29) is 17.5 Å². The minimum absolute atomic E-state index is 0.114. The standard InChI is InChI=1S/C27H36ClF3N6OS/c1-17-24(26(38)37-13-9-21(10-14-37)36-11-7-20(8-12-36)35(3)39-4)33-18(2)34-25(17)32-16-19-5-6-22(23(28)15-19)27(29,30)31/h5-6,15,20-21H,7-14,16H2,1-4H3,(H,32,33,34). The number of rotatable bonds is 7. The first-order valence-electron chi connectivity index (χ1n) is 13.2. The molecule has 0 spiro atoms. The van der Waals surface area contributed by atoms with Crippen LogP contribution in [0, 0.1) is 13.8 Å². The molecule has 2 aromatic rings. The van der Waals surface area contributed by atoms with Gasteiger partial charge in [0.15, 0.2) is 0 Å². The van der Waals surface area contributed by atoms with Gasteiger partial charge in [-0.15, -0.1) is 0 Å². The van der Waals surface area contributed by atoms with Gasteiger partial charge in [0, 0.05) is 37.3 Å². The van der Waals surface area contributed by atoms with Crippen LogP contribution < -0.4 is 5.32 Å². The molecule has 2 fully saturated rings. The van der Waals surface area contributed by atoms with Gasteiger partial charge in [-0.2, -0.15) is 13.2 Å². The highest BCUT2D eigenvalue weighted by Gasteiger charge is 2.34. The second-order valence-corrected chi connectivity index (χ2v) is 11.6. The number of nitrogens with one attached hydrogen (secondary N) is 1. The molecule has 2 aliphatic heterocycles. The summed E-state index contributed by atoms with van der Waals surface area (Å²) in [5.74, 6) is 0.817. The van der Waals surface area contributed by atoms with Crippen molar-refractivity contribution in [3.8, 4) is 0 Å². The molecule has 1 aromatic carbocycles. The molecule has 0 radical (unpaired) electrons. The molecule has 12 heteroatoms. The lowest BCUT2D eigenvalue weighted by Gasteiger charge is -2.43. The summed E-state index contributed by atoms with van der Waals surface area (Å²) in [5, 5.41) is 2.79. The van der Waals surface area contributed by atoms with Gasteiger partial charge in [0.05, 0.1) is 10.6 Å². The van der Waals surface area contributed by atoms with Crippen LogP contribution in [0.5, 0.6) is 0 Å². The summed E-state index contributed by atoms with van der Waals surface area (Å²) < 4.78 is 41.4. The first-order chi connectivity index (χ1) is 18.5. The number of benzene rings is 1. The zero-order valence-electron chi connectivity index (χ0n) is 22.8. The molecular weight excluding hydrogens is 549 g/mol. The molecule has 2 aliphatic rings. The molecule has 1 amide bonds. The SMILES string of the molecule is CSN(C)C1CCN(C2CCN(C(=O)c3nc(C)nc(NCc4ccc(C(F)(F)F)c(Cl)c4)c3C)CC2)CC1. The van der Waals surface area contributed by atoms with E-state index in [4.69, 9.17) is 11.6 Å². The lowest BCUT2D eigenvalue weighted by molar-refractivity contribution is -0.137. The van der Waals surface area contributed by atoms with Gasteiger partial charge in [-0.05, 0) is 83.6 Å². The number of aromatic nitrogens is 2. The third-order valence-corrected chi connectivity index (χ3v) is 9.02. The number of hydrogen-bond donors (Lipinski definition) is 1. The van der Waals surface area contributed by atoms with Gasteiger partial charge in [0.1, 0.15) is 17.3 Å². The summed E-state index contributed by atoms with van der Waals surface area (Å²) >= 11 is 7.65. The number of likely N-dealkylation sites (tertiary alicyclic amines) is 2. The maximum atomic E-state index is 13.5. The first kappa shape index (κ1) is 29.9. The predicted molar refractivity (Wildman–Crippen MR) is 150 cm³/mol. The zero-order valence-corrected chi connectivity index (χ0v) is 24.4. The summed E-state index contributed by atoms with van der Waals surface area (Å²) in [7, 11) is 2.16. The number of amides is 1. The minimum atomic E-state index is -4.51. The average molecular weight is 585 g/mol. The first-order valence-corrected chi connectivity index (χ1v) is 14.8. The number of hydrogen-bond acceptors (Lipinski definition) is 7. The second-order valence-electron chi connectivity index (χ2n) is 10.3. The number of carbonyl (C=O) groups is 1. The molecule has 2 saturated heterocycles. The second kappa shape index (κ2) is 12.6. The van der Waals surface area contributed by atoms with Crippen LogP contribution in [0.1, 0.15) is 58.7 Å². The van der Waals surface area contributed by atoms with E-state index in [0.717, 1.165) is 32.0 Å². The van der Waals surface area contributed by atoms with Crippen molar-refractivity contribution in [1.82, 2.24) is 24.1 Å². The van der Waals surface area contributed by atoms with Crippen molar-refractivity contribution in [2.24, 2.45) is 0 Å². The molecule has 0 aliphatic carbocycles. The molecular formula is C27H36ClF3N6OS. The summed E-state index contributed by atoms with van der Waals surface area (Å²) in [4.78, 5) is 26.8. The fourth-order valence-corrected chi connectivity index (χ4v) is 6.26. The molecule has 0 unspecified atom stereocenters. The fraction of sp³-hybridized carbons (Fsp3) is 0.593. The van der Waals surface area contributed by atoms with Crippen LogP contribution in [0.15, 0.2) is 18.2 Å². The van der Waals surface area contributed by atoms with E-state index in [1.54, 1.807) is 25.8 Å². The van der Waals surface area contributed by atoms with Gasteiger partial charge < -0.3 is 15.1 Å². The molecule has 4 rings (SSSR count). The monoisotopic (exact) mass is 584 g/mol. The Hall–Kier alpha value is -2.08. The maximum absolute atomic E-state index is 13.5. The number of aryl methyl sites for hydroxylation is 1. The van der Waals surface area contributed by atoms with E-state index >= 15 is 0 Å². The van der Waals surface area contributed by atoms with Crippen molar-refractivity contribution in [2.75, 3.05) is 44.8 Å². The normalized spacial score (nSPS) is 18.1. The van der Waals surface area contributed by atoms with Gasteiger partial charge in [-0.25, -0.2) is 9.97 Å². The molecule has 1 N–H and O–H groups in total. The van der Waals surface area contributed by atoms with Crippen LogP contribution in [-0.2, 0) is 12.7 Å². The molecule has 7 nitrogen and oxygen atoms in total. The van der Waals surface area contributed by atoms with Gasteiger partial charge in [0.25, 0.3) is 5.91 Å². The Morgan fingerprint density at radius 1 is 1.13 bits per heavy atom. The Morgan fingerprint density at radius 2 is 1.79 bits per heavy atom. The zero-order chi connectivity index (χ0) is 28.3. The number of alkyl halides is 3. The number of anilines is 1. The third-order valence-electron chi connectivity index (χ3n) is 7.83. The van der Waals surface area contributed by atoms with Crippen LogP contribution >= 0.6 is 23.5 Å². The minimum Gasteiger partial charge on any atom is -0.366 e. The molecule has 3 heterocycles. The van der Waals surface area contributed by atoms with Crippen LogP contribution in [0.3, 0.4) is 0 Å². The summed E-state index contributed by atoms with van der Waals surface area (Å²) in [6, 6.07) is 4.77. The van der Waals surface area contributed by atoms with Gasteiger partial charge in [0.2, 0.25) is 0 Å². The van der Waals surface area contributed by atoms with Crippen molar-refractivity contribution in [3.05, 3.63) is 51.4 Å². The number of halogens is 4. The van der Waals surface area contributed by atoms with Crippen molar-refractivity contribution in [3.63, 3.8) is 0 Å². The van der Waals surface area contributed by atoms with E-state index in [0.29, 0.717) is 53.6 Å². The van der Waals surface area contributed by atoms with Crippen LogP contribution in [-0.4, -0.2) is 81.5 Å². The Bertz CT molecular complexity index is 1170. The number of carbonyl (C=O) groups excluding carboxylic acids is 1. The molecule has 0 bridgehead atoms. The Balaban J connectivity index is 1.36. The Morgan fingerprint density at radius 3 is 2.38 bits per heavy atom. The summed E-state index contributed by atoms with van der Waals surface area (Å²) in [6.07, 6.45) is 1.84. The van der Waals surface area contributed by atoms with E-state index in [1.165, 1.54) is 25.0 Å². The Labute approximate surface area is 237 Å². The lowest BCUT2D eigenvalue weighted by Crippen LogP contribution is -2.51. The highest BCUT2D eigenvalue weighted by molar-refractivity contribution is 7.96. The molecule has 39 heavy (non-hydrogen) atoms. The smallest absolute Gasteiger partial charge is 0.366 e. The molecule has 1 aromatic heterocycles. The largest absolute Gasteiger partial charge is 0.417 e. The number of piperidine rings is 2. The van der Waals surface area contributed by atoms with Crippen LogP contribution in [0.25, 0.3) is 0 Å². The molecule has 0 saturated carbocycles. The maximum Gasteiger partial charge on any atom is 0.417 e. The van der Waals surface area contributed by atoms with Gasteiger partial charge in [-0.1, -0.05) is 29.6 Å². The number of nitrogens with zero attached hydrogens (tertiary/aromatic N) is 5. The van der Waals surface area contributed by atoms with Crippen molar-refractivity contribution < 1.29 is 18.0 Å². The van der Waals surface area contributed by atoms with Crippen molar-refractivity contribution >= 4 is 35.3 Å². The highest BCUT2D eigenvalue weighted by Crippen LogP contribution is 2.35. The van der Waals surface area contributed by atoms with E-state index in [1.807, 2.05) is 4.90 Å². The van der Waals surface area contributed by atoms with Gasteiger partial charge in [-0.3, -0.25) is 9.10 Å². The van der Waals surface area contributed by atoms with E-state index in [2.05, 4.69) is 37.8 Å². The van der Waals surface area contributed by atoms with Gasteiger partial charge >= 0.3 is 6.18 Å². The quantitative estimate of drug-likeness (QED) is 0.422. The average Bonchev–Trinajstić information content (AvgIpc) is 2.92. The fourth-order valence-electron chi connectivity index (χ4n) is 5.44. The topological polar surface area (TPSA) is 64.6 Å². The highest BCUT2D eigenvalue weighted by atomic mass is 35.5. The predicted octanol–water partition coefficient (Wildman–Crippen LogP) is 5.66. The Kier molecular flexibility index (Phi) is 9.67. The van der Waals surface area contributed by atoms with E-state index < -0.39 is 11.7 Å². The summed E-state index contributed by atoms with van der Waals surface area (Å²) in [5.41, 5.74) is 0.676. The third kappa shape index (κ3) is 7.17. The molecule has 214 valence electrons. The van der Waals surface area contributed by atoms with Crippen LogP contribution in [0.2, 0.25) is 5.02 Å².